The summed E-state index contributed by atoms with van der Waals surface area (Å²) in [5.74, 6) is 1.89. The molecule has 3 aromatic rings. The molecule has 6 nitrogen and oxygen atoms in total. The summed E-state index contributed by atoms with van der Waals surface area (Å²) in [5.41, 5.74) is 3.32. The van der Waals surface area contributed by atoms with E-state index in [4.69, 9.17) is 9.26 Å². The minimum Gasteiger partial charge on any atom is -0.497 e. The predicted molar refractivity (Wildman–Crippen MR) is 114 cm³/mol. The van der Waals surface area contributed by atoms with E-state index < -0.39 is 0 Å². The van der Waals surface area contributed by atoms with Gasteiger partial charge < -0.3 is 14.2 Å². The molecular weight excluding hydrogens is 378 g/mol. The smallest absolute Gasteiger partial charge is 0.249 e. The summed E-state index contributed by atoms with van der Waals surface area (Å²) in [6.07, 6.45) is 1.17. The third kappa shape index (κ3) is 4.08. The third-order valence-corrected chi connectivity index (χ3v) is 5.58. The highest BCUT2D eigenvalue weighted by Gasteiger charge is 2.36. The molecule has 0 bridgehead atoms. The van der Waals surface area contributed by atoms with Crippen molar-refractivity contribution in [2.24, 2.45) is 0 Å². The van der Waals surface area contributed by atoms with Crippen LogP contribution < -0.4 is 4.74 Å². The van der Waals surface area contributed by atoms with E-state index in [1.54, 1.807) is 7.11 Å². The summed E-state index contributed by atoms with van der Waals surface area (Å²) < 4.78 is 10.7. The molecule has 0 spiro atoms. The van der Waals surface area contributed by atoms with E-state index in [2.05, 4.69) is 55.2 Å². The summed E-state index contributed by atoms with van der Waals surface area (Å²) >= 11 is 0. The Morgan fingerprint density at radius 2 is 1.80 bits per heavy atom. The Hall–Kier alpha value is -3.15. The second-order valence-electron chi connectivity index (χ2n) is 8.71. The molecule has 1 aliphatic rings. The van der Waals surface area contributed by atoms with Crippen molar-refractivity contribution in [3.63, 3.8) is 0 Å². The van der Waals surface area contributed by atoms with Gasteiger partial charge in [0.25, 0.3) is 0 Å². The van der Waals surface area contributed by atoms with Gasteiger partial charge >= 0.3 is 0 Å². The zero-order chi connectivity index (χ0) is 21.3. The van der Waals surface area contributed by atoms with Crippen LogP contribution in [0, 0.1) is 0 Å². The molecule has 0 saturated carbocycles. The lowest BCUT2D eigenvalue weighted by atomic mass is 9.87. The van der Waals surface area contributed by atoms with Gasteiger partial charge in [0.05, 0.1) is 7.11 Å². The van der Waals surface area contributed by atoms with Gasteiger partial charge in [-0.25, -0.2) is 0 Å². The number of carbonyl (C=O) groups is 1. The minimum absolute atomic E-state index is 0.103. The molecule has 1 saturated heterocycles. The van der Waals surface area contributed by atoms with Crippen LogP contribution in [-0.2, 0) is 16.8 Å². The average Bonchev–Trinajstić information content (AvgIpc) is 3.35. The Morgan fingerprint density at radius 3 is 2.43 bits per heavy atom. The highest BCUT2D eigenvalue weighted by Crippen LogP contribution is 2.34. The Labute approximate surface area is 176 Å². The van der Waals surface area contributed by atoms with Crippen molar-refractivity contribution in [1.29, 1.82) is 0 Å². The van der Waals surface area contributed by atoms with Gasteiger partial charge in [0.2, 0.25) is 17.6 Å². The fourth-order valence-corrected chi connectivity index (χ4v) is 3.72. The van der Waals surface area contributed by atoms with Crippen LogP contribution in [0.1, 0.15) is 56.7 Å². The van der Waals surface area contributed by atoms with Gasteiger partial charge in [0.15, 0.2) is 0 Å². The molecule has 1 amide bonds. The van der Waals surface area contributed by atoms with Crippen LogP contribution in [0.25, 0.3) is 11.4 Å². The molecule has 0 N–H and O–H groups in total. The van der Waals surface area contributed by atoms with E-state index in [0.29, 0.717) is 31.1 Å². The third-order valence-electron chi connectivity index (χ3n) is 5.58. The van der Waals surface area contributed by atoms with Gasteiger partial charge in [-0.1, -0.05) is 50.2 Å². The van der Waals surface area contributed by atoms with Gasteiger partial charge in [-0.2, -0.15) is 4.98 Å². The predicted octanol–water partition coefficient (Wildman–Crippen LogP) is 4.91. The van der Waals surface area contributed by atoms with Crippen molar-refractivity contribution in [3.8, 4) is 17.1 Å². The summed E-state index contributed by atoms with van der Waals surface area (Å²) in [6, 6.07) is 15.8. The fraction of sp³-hybridized carbons (Fsp3) is 0.375. The molecule has 2 aromatic carbocycles. The number of methoxy groups -OCH3 is 1. The van der Waals surface area contributed by atoms with Crippen LogP contribution in [0.2, 0.25) is 0 Å². The summed E-state index contributed by atoms with van der Waals surface area (Å²) in [4.78, 5) is 19.0. The number of amides is 1. The lowest BCUT2D eigenvalue weighted by Crippen LogP contribution is -2.27. The Bertz CT molecular complexity index is 1020. The highest BCUT2D eigenvalue weighted by molar-refractivity contribution is 5.78. The average molecular weight is 405 g/mol. The first-order chi connectivity index (χ1) is 14.3. The number of benzene rings is 2. The molecule has 1 aliphatic heterocycles. The minimum atomic E-state index is -0.195. The monoisotopic (exact) mass is 405 g/mol. The standard InChI is InChI=1S/C24H27N3O3/c1-24(2,3)18-9-5-16(6-10-18)15-27-20(13-14-21(27)28)23-25-22(26-30-23)17-7-11-19(29-4)12-8-17/h5-12,20H,13-15H2,1-4H3. The van der Waals surface area contributed by atoms with Gasteiger partial charge in [0, 0.05) is 18.5 Å². The lowest BCUT2D eigenvalue weighted by Gasteiger charge is -2.23. The molecule has 0 radical (unpaired) electrons. The maximum absolute atomic E-state index is 12.6. The maximum Gasteiger partial charge on any atom is 0.249 e. The van der Waals surface area contributed by atoms with E-state index >= 15 is 0 Å². The van der Waals surface area contributed by atoms with Crippen molar-refractivity contribution in [1.82, 2.24) is 15.0 Å². The molecule has 1 atom stereocenters. The number of aromatic nitrogens is 2. The highest BCUT2D eigenvalue weighted by atomic mass is 16.5. The number of ether oxygens (including phenoxy) is 1. The summed E-state index contributed by atoms with van der Waals surface area (Å²) in [7, 11) is 1.63. The SMILES string of the molecule is COc1ccc(-c2noc(C3CCC(=O)N3Cc3ccc(C(C)(C)C)cc3)n2)cc1. The van der Waals surface area contributed by atoms with E-state index in [-0.39, 0.29) is 17.4 Å². The quantitative estimate of drug-likeness (QED) is 0.603. The Morgan fingerprint density at radius 1 is 1.10 bits per heavy atom. The van der Waals surface area contributed by atoms with Crippen LogP contribution in [0.15, 0.2) is 53.1 Å². The van der Waals surface area contributed by atoms with Crippen molar-refractivity contribution < 1.29 is 14.1 Å². The van der Waals surface area contributed by atoms with Crippen LogP contribution in [0.4, 0.5) is 0 Å². The number of likely N-dealkylation sites (tertiary alicyclic amines) is 1. The van der Waals surface area contributed by atoms with Crippen molar-refractivity contribution in [3.05, 3.63) is 65.5 Å². The topological polar surface area (TPSA) is 68.5 Å². The van der Waals surface area contributed by atoms with E-state index in [0.717, 1.165) is 16.9 Å². The molecule has 1 aromatic heterocycles. The zero-order valence-corrected chi connectivity index (χ0v) is 17.9. The lowest BCUT2D eigenvalue weighted by molar-refractivity contribution is -0.129. The molecule has 0 aliphatic carbocycles. The second kappa shape index (κ2) is 7.94. The molecule has 2 heterocycles. The second-order valence-corrected chi connectivity index (χ2v) is 8.71. The number of hydrogen-bond acceptors (Lipinski definition) is 5. The van der Waals surface area contributed by atoms with Crippen molar-refractivity contribution in [2.75, 3.05) is 7.11 Å². The van der Waals surface area contributed by atoms with Crippen LogP contribution in [0.5, 0.6) is 5.75 Å². The molecule has 4 rings (SSSR count). The maximum atomic E-state index is 12.6. The van der Waals surface area contributed by atoms with Crippen molar-refractivity contribution >= 4 is 5.91 Å². The van der Waals surface area contributed by atoms with Gasteiger partial charge in [-0.15, -0.1) is 0 Å². The Kier molecular flexibility index (Phi) is 5.33. The first-order valence-electron chi connectivity index (χ1n) is 10.2. The number of carbonyl (C=O) groups excluding carboxylic acids is 1. The van der Waals surface area contributed by atoms with Crippen LogP contribution >= 0.6 is 0 Å². The van der Waals surface area contributed by atoms with Crippen LogP contribution in [-0.4, -0.2) is 28.1 Å². The van der Waals surface area contributed by atoms with E-state index in [1.165, 1.54) is 5.56 Å². The molecule has 6 heteroatoms. The Balaban J connectivity index is 1.52. The molecule has 30 heavy (non-hydrogen) atoms. The first kappa shape index (κ1) is 20.1. The number of rotatable bonds is 5. The van der Waals surface area contributed by atoms with Crippen LogP contribution in [0.3, 0.4) is 0 Å². The summed E-state index contributed by atoms with van der Waals surface area (Å²) in [6.45, 7) is 7.11. The number of nitrogens with zero attached hydrogens (tertiary/aromatic N) is 3. The molecule has 1 unspecified atom stereocenters. The summed E-state index contributed by atoms with van der Waals surface area (Å²) in [5, 5.41) is 4.13. The molecule has 156 valence electrons. The van der Waals surface area contributed by atoms with Gasteiger partial charge in [0.1, 0.15) is 11.8 Å². The molecular formula is C24H27N3O3. The van der Waals surface area contributed by atoms with Gasteiger partial charge in [-0.3, -0.25) is 4.79 Å². The van der Waals surface area contributed by atoms with E-state index in [9.17, 15) is 4.79 Å². The van der Waals surface area contributed by atoms with Crippen molar-refractivity contribution in [2.45, 2.75) is 51.6 Å². The fourth-order valence-electron chi connectivity index (χ4n) is 3.72. The largest absolute Gasteiger partial charge is 0.497 e. The van der Waals surface area contributed by atoms with E-state index in [1.807, 2.05) is 29.2 Å². The van der Waals surface area contributed by atoms with Gasteiger partial charge in [-0.05, 0) is 47.2 Å². The zero-order valence-electron chi connectivity index (χ0n) is 17.9. The normalized spacial score (nSPS) is 16.9. The first-order valence-corrected chi connectivity index (χ1v) is 10.2. The number of hydrogen-bond donors (Lipinski definition) is 0. The molecule has 1 fully saturated rings.